The maximum absolute atomic E-state index is 2.35. The van der Waals surface area contributed by atoms with Crippen LogP contribution in [-0.2, 0) is 5.41 Å². The molecule has 1 heterocycles. The van der Waals surface area contributed by atoms with E-state index in [2.05, 4.69) is 74.5 Å². The number of rotatable bonds is 2. The smallest absolute Gasteiger partial charge is 0.0345 e. The highest BCUT2D eigenvalue weighted by Gasteiger charge is 2.26. The van der Waals surface area contributed by atoms with Gasteiger partial charge in [0.2, 0.25) is 0 Å². The molecule has 1 aromatic carbocycles. The summed E-state index contributed by atoms with van der Waals surface area (Å²) in [5.74, 6) is 0. The molecule has 0 fully saturated rings. The molecule has 0 unspecified atom stereocenters. The molecule has 0 bridgehead atoms. The predicted molar refractivity (Wildman–Crippen MR) is 84.6 cm³/mol. The van der Waals surface area contributed by atoms with Gasteiger partial charge < -0.3 is 0 Å². The topological polar surface area (TPSA) is 0 Å². The summed E-state index contributed by atoms with van der Waals surface area (Å²) in [5.41, 5.74) is 2.85. The maximum Gasteiger partial charge on any atom is 0.0345 e. The minimum Gasteiger partial charge on any atom is -0.139 e. The van der Waals surface area contributed by atoms with Gasteiger partial charge in [-0.25, -0.2) is 0 Å². The fourth-order valence-corrected chi connectivity index (χ4v) is 3.56. The van der Waals surface area contributed by atoms with Crippen LogP contribution in [0.1, 0.15) is 25.1 Å². The Labute approximate surface area is 119 Å². The van der Waals surface area contributed by atoms with Crippen LogP contribution in [0.3, 0.4) is 0 Å². The first-order valence-corrected chi connectivity index (χ1v) is 7.51. The Morgan fingerprint density at radius 1 is 1.05 bits per heavy atom. The monoisotopic (exact) mass is 266 g/mol. The van der Waals surface area contributed by atoms with Crippen LogP contribution in [0.25, 0.3) is 10.4 Å². The van der Waals surface area contributed by atoms with Crippen molar-refractivity contribution in [1.29, 1.82) is 0 Å². The molecule has 1 heteroatoms. The van der Waals surface area contributed by atoms with Gasteiger partial charge in [0.1, 0.15) is 0 Å². The van der Waals surface area contributed by atoms with Gasteiger partial charge >= 0.3 is 0 Å². The normalized spacial score (nSPS) is 22.3. The third-order valence-electron chi connectivity index (χ3n) is 3.79. The Morgan fingerprint density at radius 2 is 1.84 bits per heavy atom. The summed E-state index contributed by atoms with van der Waals surface area (Å²) < 4.78 is 0. The molecule has 0 spiro atoms. The fraction of sp³-hybridized carbons (Fsp3) is 0.222. The van der Waals surface area contributed by atoms with E-state index >= 15 is 0 Å². The van der Waals surface area contributed by atoms with Crippen LogP contribution in [0, 0.1) is 0 Å². The lowest BCUT2D eigenvalue weighted by atomic mass is 9.81. The van der Waals surface area contributed by atoms with Gasteiger partial charge in [-0.05, 0) is 31.0 Å². The van der Waals surface area contributed by atoms with E-state index in [1.807, 2.05) is 11.3 Å². The number of hydrogen-bond donors (Lipinski definition) is 0. The molecule has 2 aromatic rings. The molecule has 0 nitrogen and oxygen atoms in total. The zero-order chi connectivity index (χ0) is 13.3. The lowest BCUT2D eigenvalue weighted by Crippen LogP contribution is -2.18. The summed E-state index contributed by atoms with van der Waals surface area (Å²) in [6, 6.07) is 15.2. The first kappa shape index (κ1) is 12.4. The first-order chi connectivity index (χ1) is 9.17. The standard InChI is InChI=1S/C18H18S/c1-14-10-12-18(2,13-11-14)17-9-8-16(19-17)15-6-4-3-5-7-15/h3-12H,13H2,1-2H3/t18-/m0/s1. The van der Waals surface area contributed by atoms with E-state index in [-0.39, 0.29) is 5.41 Å². The molecular weight excluding hydrogens is 248 g/mol. The second-order valence-corrected chi connectivity index (χ2v) is 6.52. The second kappa shape index (κ2) is 4.82. The van der Waals surface area contributed by atoms with Crippen molar-refractivity contribution >= 4 is 11.3 Å². The summed E-state index contributed by atoms with van der Waals surface area (Å²) in [6.07, 6.45) is 8.03. The van der Waals surface area contributed by atoms with Gasteiger partial charge in [0.05, 0.1) is 0 Å². The summed E-state index contributed by atoms with van der Waals surface area (Å²) >= 11 is 1.91. The summed E-state index contributed by atoms with van der Waals surface area (Å²) in [6.45, 7) is 4.49. The molecule has 0 saturated heterocycles. The summed E-state index contributed by atoms with van der Waals surface area (Å²) in [5, 5.41) is 0. The highest BCUT2D eigenvalue weighted by Crippen LogP contribution is 2.40. The van der Waals surface area contributed by atoms with E-state index in [1.54, 1.807) is 0 Å². The van der Waals surface area contributed by atoms with Gasteiger partial charge in [0.15, 0.2) is 0 Å². The summed E-state index contributed by atoms with van der Waals surface area (Å²) in [7, 11) is 0. The van der Waals surface area contributed by atoms with Crippen LogP contribution in [0.4, 0.5) is 0 Å². The zero-order valence-corrected chi connectivity index (χ0v) is 12.2. The third-order valence-corrected chi connectivity index (χ3v) is 5.20. The molecule has 1 atom stereocenters. The Morgan fingerprint density at radius 3 is 2.53 bits per heavy atom. The summed E-state index contributed by atoms with van der Waals surface area (Å²) in [4.78, 5) is 2.81. The highest BCUT2D eigenvalue weighted by atomic mass is 32.1. The zero-order valence-electron chi connectivity index (χ0n) is 11.4. The third kappa shape index (κ3) is 2.43. The van der Waals surface area contributed by atoms with Crippen molar-refractivity contribution in [2.75, 3.05) is 0 Å². The van der Waals surface area contributed by atoms with Crippen molar-refractivity contribution in [3.05, 3.63) is 71.1 Å². The minimum absolute atomic E-state index is 0.164. The average molecular weight is 266 g/mol. The molecule has 1 aliphatic carbocycles. The fourth-order valence-electron chi connectivity index (χ4n) is 2.41. The van der Waals surface area contributed by atoms with E-state index < -0.39 is 0 Å². The van der Waals surface area contributed by atoms with Crippen molar-refractivity contribution in [2.24, 2.45) is 0 Å². The molecule has 0 N–H and O–H groups in total. The van der Waals surface area contributed by atoms with Crippen molar-refractivity contribution in [1.82, 2.24) is 0 Å². The largest absolute Gasteiger partial charge is 0.139 e. The van der Waals surface area contributed by atoms with Crippen LogP contribution in [0.2, 0.25) is 0 Å². The predicted octanol–water partition coefficient (Wildman–Crippen LogP) is 5.58. The molecule has 0 saturated carbocycles. The Bertz CT molecular complexity index is 631. The van der Waals surface area contributed by atoms with Gasteiger partial charge in [0, 0.05) is 15.2 Å². The molecule has 3 rings (SSSR count). The van der Waals surface area contributed by atoms with Gasteiger partial charge in [-0.3, -0.25) is 0 Å². The van der Waals surface area contributed by atoms with E-state index in [1.165, 1.54) is 20.9 Å². The van der Waals surface area contributed by atoms with E-state index in [9.17, 15) is 0 Å². The second-order valence-electron chi connectivity index (χ2n) is 5.43. The molecule has 1 aromatic heterocycles. The average Bonchev–Trinajstić information content (AvgIpc) is 2.94. The van der Waals surface area contributed by atoms with Gasteiger partial charge in [-0.2, -0.15) is 0 Å². The van der Waals surface area contributed by atoms with E-state index in [0.717, 1.165) is 6.42 Å². The number of thiophene rings is 1. The van der Waals surface area contributed by atoms with Gasteiger partial charge in [-0.15, -0.1) is 11.3 Å². The Hall–Kier alpha value is -1.60. The highest BCUT2D eigenvalue weighted by molar-refractivity contribution is 7.15. The molecule has 1 aliphatic rings. The van der Waals surface area contributed by atoms with Gasteiger partial charge in [-0.1, -0.05) is 61.1 Å². The van der Waals surface area contributed by atoms with Crippen LogP contribution < -0.4 is 0 Å². The maximum atomic E-state index is 2.35. The van der Waals surface area contributed by atoms with Crippen molar-refractivity contribution in [2.45, 2.75) is 25.7 Å². The molecule has 0 aliphatic heterocycles. The SMILES string of the molecule is CC1=CC[C@@](C)(c2ccc(-c3ccccc3)s2)C=C1. The number of allylic oxidation sites excluding steroid dienone is 4. The van der Waals surface area contributed by atoms with E-state index in [0.29, 0.717) is 0 Å². The quantitative estimate of drug-likeness (QED) is 0.665. The minimum atomic E-state index is 0.164. The molecular formula is C18H18S. The lowest BCUT2D eigenvalue weighted by Gasteiger charge is -2.26. The van der Waals surface area contributed by atoms with Crippen molar-refractivity contribution in [3.8, 4) is 10.4 Å². The Balaban J connectivity index is 1.92. The van der Waals surface area contributed by atoms with Crippen molar-refractivity contribution in [3.63, 3.8) is 0 Å². The van der Waals surface area contributed by atoms with Crippen LogP contribution >= 0.6 is 11.3 Å². The van der Waals surface area contributed by atoms with Gasteiger partial charge in [0.25, 0.3) is 0 Å². The van der Waals surface area contributed by atoms with Crippen LogP contribution in [0.5, 0.6) is 0 Å². The number of hydrogen-bond acceptors (Lipinski definition) is 1. The van der Waals surface area contributed by atoms with E-state index in [4.69, 9.17) is 0 Å². The molecule has 0 radical (unpaired) electrons. The van der Waals surface area contributed by atoms with Crippen molar-refractivity contribution < 1.29 is 0 Å². The number of benzene rings is 1. The lowest BCUT2D eigenvalue weighted by molar-refractivity contribution is 0.609. The molecule has 19 heavy (non-hydrogen) atoms. The molecule has 96 valence electrons. The first-order valence-electron chi connectivity index (χ1n) is 6.69. The molecule has 0 amide bonds. The van der Waals surface area contributed by atoms with Crippen LogP contribution in [-0.4, -0.2) is 0 Å². The Kier molecular flexibility index (Phi) is 3.16. The van der Waals surface area contributed by atoms with Crippen LogP contribution in [0.15, 0.2) is 66.3 Å².